The molecular weight excluding hydrogens is 897 g/mol. The Morgan fingerprint density at radius 3 is 2.34 bits per heavy atom. The van der Waals surface area contributed by atoms with E-state index in [0.29, 0.717) is 35.4 Å². The number of nitrogens with zero attached hydrogens (tertiary/aromatic N) is 3. The van der Waals surface area contributed by atoms with Gasteiger partial charge < -0.3 is 39.8 Å². The molecule has 4 aliphatic rings. The van der Waals surface area contributed by atoms with Gasteiger partial charge in [0.2, 0.25) is 23.6 Å². The van der Waals surface area contributed by atoms with Crippen LogP contribution < -0.4 is 31.0 Å². The van der Waals surface area contributed by atoms with E-state index in [1.807, 2.05) is 0 Å². The normalized spacial score (nSPS) is 18.0. The van der Waals surface area contributed by atoms with Gasteiger partial charge in [0.05, 0.1) is 48.8 Å². The lowest BCUT2D eigenvalue weighted by molar-refractivity contribution is -0.172. The minimum atomic E-state index is -4.24. The van der Waals surface area contributed by atoms with Crippen molar-refractivity contribution in [2.24, 2.45) is 5.92 Å². The topological polar surface area (TPSA) is 300 Å². The first-order chi connectivity index (χ1) is 31.8. The largest absolute Gasteiger partial charge is 0.458 e. The van der Waals surface area contributed by atoms with Crippen molar-refractivity contribution in [3.05, 3.63) is 68.5 Å². The zero-order chi connectivity index (χ0) is 48.4. The molecule has 0 bridgehead atoms. The van der Waals surface area contributed by atoms with Crippen molar-refractivity contribution in [3.8, 4) is 11.4 Å². The standard InChI is InChI=1S/C44H52N8O14S/c1-5-44(61)29-19-32-39-27(20-52(32)42(59)28(29)21-66-43(44)60)25-7-6-8-26-30(9-10-31(47-39)37(25)26)48-40(57)24(4)46-41(58)38(23(2)3)49-34(54)22-65-18-17-64-16-14-45-67(62,63)50-33(53)13-15-51-35(55)11-12-36(51)56/h9-12,19,23-24,38,45,61H,5-8,13-18,20-22H2,1-4H3,(H,46,58)(H,48,57)(H,49,54)(H,50,53)/t24-,38-,44-/m0/s1. The van der Waals surface area contributed by atoms with Gasteiger partial charge in [-0.2, -0.15) is 13.1 Å². The highest BCUT2D eigenvalue weighted by Crippen LogP contribution is 2.43. The number of rotatable bonds is 20. The molecule has 0 saturated carbocycles. The summed E-state index contributed by atoms with van der Waals surface area (Å²) >= 11 is 0. The summed E-state index contributed by atoms with van der Waals surface area (Å²) < 4.78 is 45.6. The Morgan fingerprint density at radius 1 is 0.910 bits per heavy atom. The van der Waals surface area contributed by atoms with Crippen LogP contribution in [0.2, 0.25) is 0 Å². The summed E-state index contributed by atoms with van der Waals surface area (Å²) in [6.07, 6.45) is 3.81. The number of aromatic nitrogens is 2. The van der Waals surface area contributed by atoms with E-state index in [2.05, 4.69) is 20.7 Å². The lowest BCUT2D eigenvalue weighted by atomic mass is 9.85. The zero-order valence-corrected chi connectivity index (χ0v) is 38.1. The van der Waals surface area contributed by atoms with Crippen LogP contribution in [0.3, 0.4) is 0 Å². The number of fused-ring (bicyclic) bond motifs is 5. The van der Waals surface area contributed by atoms with E-state index in [1.54, 1.807) is 48.3 Å². The quantitative estimate of drug-likeness (QED) is 0.0368. The highest BCUT2D eigenvalue weighted by Gasteiger charge is 2.45. The fourth-order valence-corrected chi connectivity index (χ4v) is 9.36. The van der Waals surface area contributed by atoms with E-state index in [9.17, 15) is 51.9 Å². The number of pyridine rings is 2. The second-order valence-corrected chi connectivity index (χ2v) is 18.4. The molecule has 6 N–H and O–H groups in total. The molecule has 1 aromatic carbocycles. The molecule has 3 aliphatic heterocycles. The summed E-state index contributed by atoms with van der Waals surface area (Å²) in [6, 6.07) is 3.19. The van der Waals surface area contributed by atoms with Crippen molar-refractivity contribution in [1.82, 2.24) is 34.5 Å². The molecular formula is C44H52N8O14S. The number of benzene rings is 1. The van der Waals surface area contributed by atoms with E-state index in [4.69, 9.17) is 19.2 Å². The zero-order valence-electron chi connectivity index (χ0n) is 37.3. The molecule has 0 spiro atoms. The smallest absolute Gasteiger partial charge is 0.343 e. The van der Waals surface area contributed by atoms with Crippen LogP contribution in [0.5, 0.6) is 0 Å². The first-order valence-corrected chi connectivity index (χ1v) is 23.4. The van der Waals surface area contributed by atoms with Crippen molar-refractivity contribution in [3.63, 3.8) is 0 Å². The number of aryl methyl sites for hydroxylation is 2. The Kier molecular flexibility index (Phi) is 14.4. The Morgan fingerprint density at radius 2 is 1.63 bits per heavy atom. The second kappa shape index (κ2) is 19.8. The SMILES string of the molecule is CC[C@@]1(O)C(=O)OCc2c1cc1n(c2=O)Cc2c-1nc1ccc(NC(=O)[C@H](C)NC(=O)[C@@H](NC(=O)COCCOCCNS(=O)(=O)NC(=O)CCN3C(=O)C=CC3=O)C(C)C)c3c1c2CCC3. The van der Waals surface area contributed by atoms with Gasteiger partial charge in [0.1, 0.15) is 25.3 Å². The summed E-state index contributed by atoms with van der Waals surface area (Å²) in [5.74, 6) is -4.96. The van der Waals surface area contributed by atoms with E-state index >= 15 is 0 Å². The molecule has 7 rings (SSSR count). The molecule has 358 valence electrons. The summed E-state index contributed by atoms with van der Waals surface area (Å²) in [5, 5.41) is 20.4. The third kappa shape index (κ3) is 10.1. The van der Waals surface area contributed by atoms with Crippen LogP contribution >= 0.6 is 0 Å². The molecule has 3 atom stereocenters. The Hall–Kier alpha value is -6.40. The fraction of sp³-hybridized carbons (Fsp3) is 0.477. The van der Waals surface area contributed by atoms with Crippen molar-refractivity contribution < 1.29 is 61.3 Å². The Labute approximate surface area is 384 Å². The molecule has 5 heterocycles. The van der Waals surface area contributed by atoms with Gasteiger partial charge in [-0.15, -0.1) is 0 Å². The molecule has 0 radical (unpaired) electrons. The third-order valence-electron chi connectivity index (χ3n) is 12.1. The summed E-state index contributed by atoms with van der Waals surface area (Å²) in [5.41, 5.74) is 3.23. The van der Waals surface area contributed by atoms with Gasteiger partial charge in [-0.05, 0) is 67.9 Å². The average Bonchev–Trinajstić information content (AvgIpc) is 3.82. The monoisotopic (exact) mass is 948 g/mol. The number of imide groups is 1. The minimum absolute atomic E-state index is 0.0184. The highest BCUT2D eigenvalue weighted by atomic mass is 32.2. The lowest BCUT2D eigenvalue weighted by Crippen LogP contribution is -2.54. The molecule has 2 aromatic heterocycles. The Balaban J connectivity index is 0.874. The number of cyclic esters (lactones) is 1. The molecule has 22 nitrogen and oxygen atoms in total. The predicted octanol–water partition coefficient (Wildman–Crippen LogP) is -0.549. The maximum absolute atomic E-state index is 13.8. The number of nitrogens with one attached hydrogen (secondary N) is 5. The van der Waals surface area contributed by atoms with E-state index in [-0.39, 0.29) is 75.1 Å². The van der Waals surface area contributed by atoms with Crippen LogP contribution in [0.25, 0.3) is 22.3 Å². The van der Waals surface area contributed by atoms with Crippen LogP contribution in [0.4, 0.5) is 5.69 Å². The van der Waals surface area contributed by atoms with E-state index < -0.39 is 82.3 Å². The molecule has 0 unspecified atom stereocenters. The summed E-state index contributed by atoms with van der Waals surface area (Å²) in [7, 11) is -4.24. The summed E-state index contributed by atoms with van der Waals surface area (Å²) in [6.45, 7) is 5.56. The Bertz CT molecular complexity index is 2750. The van der Waals surface area contributed by atoms with Crippen molar-refractivity contribution in [2.45, 2.75) is 90.6 Å². The number of carbonyl (C=O) groups is 7. The van der Waals surface area contributed by atoms with Crippen LogP contribution in [0.1, 0.15) is 74.8 Å². The molecule has 23 heteroatoms. The van der Waals surface area contributed by atoms with Crippen LogP contribution in [-0.2, 0) is 89.6 Å². The third-order valence-corrected chi connectivity index (χ3v) is 13.1. The number of anilines is 1. The van der Waals surface area contributed by atoms with Crippen LogP contribution in [0.15, 0.2) is 35.1 Å². The van der Waals surface area contributed by atoms with Crippen LogP contribution in [-0.4, -0.2) is 121 Å². The average molecular weight is 949 g/mol. The number of aliphatic hydroxyl groups is 1. The number of ether oxygens (including phenoxy) is 3. The number of hydrogen-bond donors (Lipinski definition) is 6. The molecule has 1 aliphatic carbocycles. The maximum atomic E-state index is 13.8. The molecule has 6 amide bonds. The lowest BCUT2D eigenvalue weighted by Gasteiger charge is -2.31. The van der Waals surface area contributed by atoms with Crippen molar-refractivity contribution in [2.75, 3.05) is 44.8 Å². The minimum Gasteiger partial charge on any atom is -0.458 e. The summed E-state index contributed by atoms with van der Waals surface area (Å²) in [4.78, 5) is 107. The molecule has 0 saturated heterocycles. The molecule has 3 aromatic rings. The predicted molar refractivity (Wildman–Crippen MR) is 237 cm³/mol. The molecule has 67 heavy (non-hydrogen) atoms. The number of carbonyl (C=O) groups excluding carboxylic acids is 7. The number of amides is 6. The second-order valence-electron chi connectivity index (χ2n) is 16.9. The van der Waals surface area contributed by atoms with Crippen molar-refractivity contribution >= 4 is 68.2 Å². The van der Waals surface area contributed by atoms with Crippen molar-refractivity contribution in [1.29, 1.82) is 0 Å². The fourth-order valence-electron chi connectivity index (χ4n) is 8.53. The van der Waals surface area contributed by atoms with Gasteiger partial charge in [-0.1, -0.05) is 20.8 Å². The van der Waals surface area contributed by atoms with Gasteiger partial charge in [0.25, 0.3) is 17.4 Å². The number of esters is 1. The first kappa shape index (κ1) is 48.5. The van der Waals surface area contributed by atoms with Gasteiger partial charge >= 0.3 is 16.2 Å². The van der Waals surface area contributed by atoms with Crippen LogP contribution in [0, 0.1) is 5.92 Å². The van der Waals surface area contributed by atoms with E-state index in [1.165, 1.54) is 6.92 Å². The maximum Gasteiger partial charge on any atom is 0.343 e. The van der Waals surface area contributed by atoms with Gasteiger partial charge in [-0.25, -0.2) is 14.5 Å². The number of hydrogen-bond acceptors (Lipinski definition) is 15. The molecule has 0 fully saturated rings. The van der Waals surface area contributed by atoms with E-state index in [0.717, 1.165) is 45.5 Å². The van der Waals surface area contributed by atoms with Gasteiger partial charge in [-0.3, -0.25) is 38.5 Å². The van der Waals surface area contributed by atoms with Gasteiger partial charge in [0, 0.05) is 53.9 Å². The highest BCUT2D eigenvalue weighted by molar-refractivity contribution is 7.88. The van der Waals surface area contributed by atoms with Gasteiger partial charge in [0.15, 0.2) is 5.60 Å². The first-order valence-electron chi connectivity index (χ1n) is 21.9.